The van der Waals surface area contributed by atoms with Gasteiger partial charge in [0.05, 0.1) is 11.0 Å². The van der Waals surface area contributed by atoms with Gasteiger partial charge in [-0.15, -0.1) is 0 Å². The molecule has 2 aliphatic heterocycles. The Kier molecular flexibility index (Phi) is 10.3. The van der Waals surface area contributed by atoms with Crippen LogP contribution in [0.1, 0.15) is 140 Å². The second-order valence-corrected chi connectivity index (χ2v) is 14.7. The molecule has 2 heterocycles. The molecule has 4 atom stereocenters. The molecule has 1 unspecified atom stereocenters. The van der Waals surface area contributed by atoms with Gasteiger partial charge in [0, 0.05) is 24.6 Å². The average molecular weight is 608 g/mol. The summed E-state index contributed by atoms with van der Waals surface area (Å²) in [5, 5.41) is 12.5. The molecule has 1 spiro atoms. The Morgan fingerprint density at radius 2 is 1.68 bits per heavy atom. The highest BCUT2D eigenvalue weighted by Gasteiger charge is 2.72. The molecule has 6 nitrogen and oxygen atoms in total. The van der Waals surface area contributed by atoms with Gasteiger partial charge in [0.2, 0.25) is 6.79 Å². The van der Waals surface area contributed by atoms with Gasteiger partial charge in [-0.2, -0.15) is 0 Å². The van der Waals surface area contributed by atoms with Crippen LogP contribution in [0, 0.1) is 5.92 Å². The zero-order valence-electron chi connectivity index (χ0n) is 27.4. The first-order chi connectivity index (χ1) is 21.5. The highest BCUT2D eigenvalue weighted by molar-refractivity contribution is 5.69. The number of carbonyl (C=O) groups excluding carboxylic acids is 1. The van der Waals surface area contributed by atoms with Crippen molar-refractivity contribution in [3.8, 4) is 11.5 Å². The highest BCUT2D eigenvalue weighted by atomic mass is 16.7. The van der Waals surface area contributed by atoms with Crippen molar-refractivity contribution in [1.82, 2.24) is 4.90 Å². The van der Waals surface area contributed by atoms with Gasteiger partial charge >= 0.3 is 5.97 Å². The molecule has 1 aromatic carbocycles. The molecule has 2 saturated carbocycles. The number of rotatable bonds is 19. The minimum Gasteiger partial charge on any atom is -0.481 e. The number of likely N-dealkylation sites (tertiary alicyclic amines) is 1. The molecule has 1 N–H and O–H groups in total. The zero-order chi connectivity index (χ0) is 30.6. The maximum atomic E-state index is 12.5. The normalized spacial score (nSPS) is 28.5. The predicted octanol–water partition coefficient (Wildman–Crippen LogP) is 8.17. The number of carbonyl (C=O) groups is 1. The Morgan fingerprint density at radius 3 is 2.36 bits per heavy atom. The summed E-state index contributed by atoms with van der Waals surface area (Å²) in [6.45, 7) is 8.65. The smallest absolute Gasteiger partial charge is 0.308 e. The fourth-order valence-corrected chi connectivity index (χ4v) is 9.01. The molecule has 3 aliphatic carbocycles. The molecule has 1 aromatic rings. The SMILES string of the molecule is C=C1CC[C@@]2(O)C3Cc4ccc(OCOC(=O)CCCCCCCCCCCCCCC)c5c4[C@@]2(CCN3CC2CC2)[C@H]1O5. The van der Waals surface area contributed by atoms with E-state index in [9.17, 15) is 9.90 Å². The standard InChI is InChI=1S/C38H57NO5/c1-3-4-5-6-7-8-9-10-11-12-13-14-15-16-33(40)43-27-42-31-20-19-30-25-32-38(41)22-21-28(2)36-37(38,34(30)35(31)44-36)23-24-39(32)26-29-17-18-29/h19-20,29,32,36,41H,2-18,21-27H2,1H3/t32?,36-,37-,38+/m0/s1. The van der Waals surface area contributed by atoms with E-state index in [-0.39, 0.29) is 24.9 Å². The van der Waals surface area contributed by atoms with Gasteiger partial charge in [-0.25, -0.2) is 0 Å². The van der Waals surface area contributed by atoms with E-state index in [1.807, 2.05) is 6.07 Å². The molecule has 3 fully saturated rings. The largest absolute Gasteiger partial charge is 0.481 e. The number of aliphatic hydroxyl groups is 1. The molecule has 244 valence electrons. The van der Waals surface area contributed by atoms with Gasteiger partial charge in [-0.1, -0.05) is 96.6 Å². The lowest BCUT2D eigenvalue weighted by atomic mass is 9.48. The van der Waals surface area contributed by atoms with E-state index in [0.717, 1.165) is 74.4 Å². The second kappa shape index (κ2) is 14.2. The van der Waals surface area contributed by atoms with Crippen LogP contribution in [0.2, 0.25) is 0 Å². The molecule has 0 aromatic heterocycles. The van der Waals surface area contributed by atoms with Crippen LogP contribution < -0.4 is 9.47 Å². The third-order valence-electron chi connectivity index (χ3n) is 11.6. The van der Waals surface area contributed by atoms with Crippen molar-refractivity contribution < 1.29 is 24.1 Å². The van der Waals surface area contributed by atoms with E-state index >= 15 is 0 Å². The highest BCUT2D eigenvalue weighted by Crippen LogP contribution is 2.66. The van der Waals surface area contributed by atoms with Crippen molar-refractivity contribution >= 4 is 5.97 Å². The minimum absolute atomic E-state index is 0.118. The molecule has 44 heavy (non-hydrogen) atoms. The van der Waals surface area contributed by atoms with Crippen LogP contribution in [0.3, 0.4) is 0 Å². The Labute approximate surface area is 265 Å². The average Bonchev–Trinajstić information content (AvgIpc) is 3.76. The summed E-state index contributed by atoms with van der Waals surface area (Å²) in [7, 11) is 0. The maximum Gasteiger partial charge on any atom is 0.308 e. The first kappa shape index (κ1) is 31.9. The molecular formula is C38H57NO5. The summed E-state index contributed by atoms with van der Waals surface area (Å²) < 4.78 is 18.2. The number of hydrogen-bond acceptors (Lipinski definition) is 6. The van der Waals surface area contributed by atoms with Crippen LogP contribution in [0.25, 0.3) is 0 Å². The Balaban J connectivity index is 0.955. The first-order valence-electron chi connectivity index (χ1n) is 18.2. The predicted molar refractivity (Wildman–Crippen MR) is 174 cm³/mol. The number of hydrogen-bond donors (Lipinski definition) is 1. The molecule has 6 rings (SSSR count). The lowest BCUT2D eigenvalue weighted by molar-refractivity contribution is -0.174. The van der Waals surface area contributed by atoms with Crippen LogP contribution in [0.4, 0.5) is 0 Å². The van der Waals surface area contributed by atoms with Gasteiger partial charge in [0.1, 0.15) is 6.10 Å². The van der Waals surface area contributed by atoms with Crippen LogP contribution in [0.15, 0.2) is 24.3 Å². The first-order valence-corrected chi connectivity index (χ1v) is 18.2. The van der Waals surface area contributed by atoms with Crippen LogP contribution in [-0.4, -0.2) is 53.6 Å². The monoisotopic (exact) mass is 607 g/mol. The summed E-state index contributed by atoms with van der Waals surface area (Å²) in [5.74, 6) is 1.93. The fourth-order valence-electron chi connectivity index (χ4n) is 9.01. The Bertz CT molecular complexity index is 1160. The lowest BCUT2D eigenvalue weighted by Gasteiger charge is -2.63. The van der Waals surface area contributed by atoms with Crippen LogP contribution in [-0.2, 0) is 21.4 Å². The molecule has 6 heteroatoms. The molecule has 1 saturated heterocycles. The van der Waals surface area contributed by atoms with Crippen LogP contribution >= 0.6 is 0 Å². The summed E-state index contributed by atoms with van der Waals surface area (Å²) in [6, 6.07) is 4.24. The molecular weight excluding hydrogens is 550 g/mol. The minimum atomic E-state index is -0.830. The fraction of sp³-hybridized carbons (Fsp3) is 0.763. The summed E-state index contributed by atoms with van der Waals surface area (Å²) >= 11 is 0. The maximum absolute atomic E-state index is 12.5. The number of esters is 1. The number of ether oxygens (including phenoxy) is 3. The van der Waals surface area contributed by atoms with Gasteiger partial charge < -0.3 is 19.3 Å². The van der Waals surface area contributed by atoms with Crippen molar-refractivity contribution in [1.29, 1.82) is 0 Å². The van der Waals surface area contributed by atoms with Crippen molar-refractivity contribution in [3.63, 3.8) is 0 Å². The number of benzene rings is 1. The van der Waals surface area contributed by atoms with Gasteiger partial charge in [-0.05, 0) is 74.6 Å². The third kappa shape index (κ3) is 6.32. The lowest BCUT2D eigenvalue weighted by Crippen LogP contribution is -2.75. The van der Waals surface area contributed by atoms with E-state index in [2.05, 4.69) is 24.5 Å². The van der Waals surface area contributed by atoms with Crippen molar-refractivity contribution in [2.45, 2.75) is 159 Å². The van der Waals surface area contributed by atoms with Crippen molar-refractivity contribution in [3.05, 3.63) is 35.4 Å². The van der Waals surface area contributed by atoms with Crippen LogP contribution in [0.5, 0.6) is 11.5 Å². The van der Waals surface area contributed by atoms with Gasteiger partial charge in [0.25, 0.3) is 0 Å². The van der Waals surface area contributed by atoms with Crippen molar-refractivity contribution in [2.75, 3.05) is 19.9 Å². The van der Waals surface area contributed by atoms with E-state index in [1.54, 1.807) is 0 Å². The molecule has 2 bridgehead atoms. The summed E-state index contributed by atoms with van der Waals surface area (Å²) in [4.78, 5) is 15.0. The van der Waals surface area contributed by atoms with E-state index < -0.39 is 11.0 Å². The van der Waals surface area contributed by atoms with Gasteiger partial charge in [-0.3, -0.25) is 9.69 Å². The van der Waals surface area contributed by atoms with E-state index in [0.29, 0.717) is 12.2 Å². The molecule has 5 aliphatic rings. The second-order valence-electron chi connectivity index (χ2n) is 14.7. The summed E-state index contributed by atoms with van der Waals surface area (Å²) in [5.41, 5.74) is 2.16. The summed E-state index contributed by atoms with van der Waals surface area (Å²) in [6.07, 6.45) is 22.8. The van der Waals surface area contributed by atoms with E-state index in [4.69, 9.17) is 14.2 Å². The zero-order valence-corrected chi connectivity index (χ0v) is 27.4. The third-order valence-corrected chi connectivity index (χ3v) is 11.6. The Morgan fingerprint density at radius 1 is 1.00 bits per heavy atom. The van der Waals surface area contributed by atoms with Crippen molar-refractivity contribution in [2.24, 2.45) is 5.92 Å². The van der Waals surface area contributed by atoms with E-state index in [1.165, 1.54) is 89.0 Å². The quantitative estimate of drug-likeness (QED) is 0.0741. The Hall–Kier alpha value is -2.05. The molecule has 0 radical (unpaired) electrons. The number of nitrogens with zero attached hydrogens (tertiary/aromatic N) is 1. The number of piperidine rings is 1. The molecule has 0 amide bonds. The van der Waals surface area contributed by atoms with Gasteiger partial charge in [0.15, 0.2) is 11.5 Å². The number of unbranched alkanes of at least 4 members (excludes halogenated alkanes) is 12. The topological polar surface area (TPSA) is 68.2 Å².